The van der Waals surface area contributed by atoms with E-state index in [2.05, 4.69) is 21.8 Å². The summed E-state index contributed by atoms with van der Waals surface area (Å²) < 4.78 is 0. The molecule has 22 heavy (non-hydrogen) atoms. The molecule has 0 aliphatic carbocycles. The highest BCUT2D eigenvalue weighted by Gasteiger charge is 2.21. The first-order valence-electron chi connectivity index (χ1n) is 6.97. The molecule has 0 spiro atoms. The van der Waals surface area contributed by atoms with Crippen LogP contribution in [0.4, 0.5) is 17.3 Å². The molecule has 115 valence electrons. The third-order valence-corrected chi connectivity index (χ3v) is 5.16. The topological polar surface area (TPSA) is 81.1 Å². The molecule has 4 N–H and O–H groups in total. The summed E-state index contributed by atoms with van der Waals surface area (Å²) in [4.78, 5) is 11.9. The van der Waals surface area contributed by atoms with E-state index < -0.39 is 0 Å². The number of hydrogen-bond acceptors (Lipinski definition) is 6. The average Bonchev–Trinajstić information content (AvgIpc) is 2.92. The quantitative estimate of drug-likeness (QED) is 0.839. The number of halogens is 1. The summed E-state index contributed by atoms with van der Waals surface area (Å²) >= 11 is 7.56. The Morgan fingerprint density at radius 1 is 1.36 bits per heavy atom. The fourth-order valence-corrected chi connectivity index (χ4v) is 3.42. The number of nitrogens with zero attached hydrogens (tertiary/aromatic N) is 3. The molecule has 1 radical (unpaired) electrons. The second-order valence-electron chi connectivity index (χ2n) is 5.28. The molecule has 3 rings (SSSR count). The first-order chi connectivity index (χ1) is 10.5. The zero-order valence-corrected chi connectivity index (χ0v) is 13.6. The Balaban J connectivity index is 1.82. The van der Waals surface area contributed by atoms with Gasteiger partial charge in [0.1, 0.15) is 10.8 Å². The van der Waals surface area contributed by atoms with Gasteiger partial charge in [-0.3, -0.25) is 0 Å². The Morgan fingerprint density at radius 2 is 2.18 bits per heavy atom. The number of nitrogens with two attached hydrogens (primary N) is 2. The predicted molar refractivity (Wildman–Crippen MR) is 92.1 cm³/mol. The molecule has 1 fully saturated rings. The van der Waals surface area contributed by atoms with Gasteiger partial charge in [-0.1, -0.05) is 29.4 Å². The van der Waals surface area contributed by atoms with E-state index >= 15 is 0 Å². The summed E-state index contributed by atoms with van der Waals surface area (Å²) in [6.45, 7) is 5.91. The van der Waals surface area contributed by atoms with E-state index in [0.29, 0.717) is 27.5 Å². The Bertz CT molecular complexity index is 694. The van der Waals surface area contributed by atoms with Crippen LogP contribution in [0, 0.1) is 12.8 Å². The molecule has 0 saturated carbocycles. The van der Waals surface area contributed by atoms with Crippen molar-refractivity contribution >= 4 is 40.7 Å². The van der Waals surface area contributed by atoms with Crippen molar-refractivity contribution in [1.82, 2.24) is 9.97 Å². The van der Waals surface area contributed by atoms with E-state index in [-0.39, 0.29) is 0 Å². The van der Waals surface area contributed by atoms with Gasteiger partial charge in [-0.25, -0.2) is 9.97 Å². The molecule has 1 aromatic carbocycles. The van der Waals surface area contributed by atoms with Crippen molar-refractivity contribution in [2.75, 3.05) is 29.5 Å². The minimum atomic E-state index is 0.397. The van der Waals surface area contributed by atoms with Crippen LogP contribution in [-0.2, 0) is 0 Å². The van der Waals surface area contributed by atoms with E-state index in [9.17, 15) is 0 Å². The number of anilines is 3. The van der Waals surface area contributed by atoms with E-state index in [1.54, 1.807) is 12.3 Å². The van der Waals surface area contributed by atoms with Crippen LogP contribution in [0.5, 0.6) is 0 Å². The van der Waals surface area contributed by atoms with E-state index in [4.69, 9.17) is 23.1 Å². The van der Waals surface area contributed by atoms with Crippen LogP contribution in [0.3, 0.4) is 0 Å². The van der Waals surface area contributed by atoms with Gasteiger partial charge >= 0.3 is 0 Å². The van der Waals surface area contributed by atoms with Gasteiger partial charge in [-0.05, 0) is 31.4 Å². The molecule has 1 aliphatic rings. The second-order valence-corrected chi connectivity index (χ2v) is 6.69. The second kappa shape index (κ2) is 6.22. The number of hydrogen-bond donors (Lipinski definition) is 2. The van der Waals surface area contributed by atoms with Gasteiger partial charge in [0.05, 0.1) is 16.9 Å². The molecule has 1 atom stereocenters. The summed E-state index contributed by atoms with van der Waals surface area (Å²) in [5.74, 6) is 1.63. The fraction of sp³-hybridized carbons (Fsp3) is 0.267. The Morgan fingerprint density at radius 3 is 2.86 bits per heavy atom. The third kappa shape index (κ3) is 3.08. The summed E-state index contributed by atoms with van der Waals surface area (Å²) in [6.07, 6.45) is 2.81. The van der Waals surface area contributed by atoms with Crippen molar-refractivity contribution in [3.63, 3.8) is 0 Å². The number of aromatic nitrogens is 2. The van der Waals surface area contributed by atoms with Crippen molar-refractivity contribution in [2.45, 2.75) is 16.3 Å². The fourth-order valence-electron chi connectivity index (χ4n) is 2.37. The molecule has 1 aliphatic heterocycles. The average molecular weight is 335 g/mol. The predicted octanol–water partition coefficient (Wildman–Crippen LogP) is 3.11. The molecule has 0 bridgehead atoms. The standard InChI is InChI=1S/C15H17ClN5S/c1-9-5-6-21(8-9)12-7-19-15(14(18)20-12)22-11-4-2-3-10(17)13(11)16/h2-4,7,9H,1,5-6,8,17H2,(H2,18,20). The zero-order chi connectivity index (χ0) is 15.7. The highest BCUT2D eigenvalue weighted by Crippen LogP contribution is 2.37. The molecule has 1 unspecified atom stereocenters. The maximum atomic E-state index is 6.20. The van der Waals surface area contributed by atoms with Crippen molar-refractivity contribution < 1.29 is 0 Å². The van der Waals surface area contributed by atoms with E-state index in [1.807, 2.05) is 12.1 Å². The van der Waals surface area contributed by atoms with Crippen LogP contribution >= 0.6 is 23.4 Å². The van der Waals surface area contributed by atoms with Crippen LogP contribution in [0.15, 0.2) is 34.3 Å². The van der Waals surface area contributed by atoms with E-state index in [0.717, 1.165) is 30.2 Å². The summed E-state index contributed by atoms with van der Waals surface area (Å²) in [7, 11) is 0. The minimum Gasteiger partial charge on any atom is -0.397 e. The van der Waals surface area contributed by atoms with Gasteiger partial charge in [0, 0.05) is 18.0 Å². The van der Waals surface area contributed by atoms with Gasteiger partial charge in [-0.2, -0.15) is 0 Å². The van der Waals surface area contributed by atoms with Gasteiger partial charge in [0.2, 0.25) is 0 Å². The maximum absolute atomic E-state index is 6.20. The molecule has 5 nitrogen and oxygen atoms in total. The largest absolute Gasteiger partial charge is 0.397 e. The van der Waals surface area contributed by atoms with Crippen molar-refractivity contribution in [2.24, 2.45) is 5.92 Å². The lowest BCUT2D eigenvalue weighted by molar-refractivity contribution is 0.733. The van der Waals surface area contributed by atoms with Gasteiger partial charge < -0.3 is 16.4 Å². The summed E-state index contributed by atoms with van der Waals surface area (Å²) in [5, 5.41) is 1.14. The lowest BCUT2D eigenvalue weighted by Crippen LogP contribution is -2.21. The lowest BCUT2D eigenvalue weighted by Gasteiger charge is -2.17. The van der Waals surface area contributed by atoms with Crippen LogP contribution in [-0.4, -0.2) is 23.1 Å². The minimum absolute atomic E-state index is 0.397. The first kappa shape index (κ1) is 15.2. The summed E-state index contributed by atoms with van der Waals surface area (Å²) in [5.41, 5.74) is 12.4. The van der Waals surface area contributed by atoms with Crippen LogP contribution in [0.2, 0.25) is 5.02 Å². The molecular formula is C15H17ClN5S. The molecule has 2 heterocycles. The molecular weight excluding hydrogens is 318 g/mol. The van der Waals surface area contributed by atoms with Crippen LogP contribution in [0.1, 0.15) is 6.42 Å². The molecule has 1 saturated heterocycles. The highest BCUT2D eigenvalue weighted by molar-refractivity contribution is 7.99. The SMILES string of the molecule is [CH2]C1CCN(c2cnc(Sc3cccc(N)c3Cl)c(N)n2)C1. The number of nitrogen functional groups attached to an aromatic ring is 2. The maximum Gasteiger partial charge on any atom is 0.158 e. The number of rotatable bonds is 3. The smallest absolute Gasteiger partial charge is 0.158 e. The van der Waals surface area contributed by atoms with Crippen molar-refractivity contribution in [3.05, 3.63) is 36.3 Å². The Kier molecular flexibility index (Phi) is 4.31. The van der Waals surface area contributed by atoms with Gasteiger partial charge in [-0.15, -0.1) is 0 Å². The Labute approximate surface area is 139 Å². The lowest BCUT2D eigenvalue weighted by atomic mass is 10.2. The van der Waals surface area contributed by atoms with Crippen LogP contribution in [0.25, 0.3) is 0 Å². The molecule has 7 heteroatoms. The first-order valence-corrected chi connectivity index (χ1v) is 8.16. The molecule has 0 amide bonds. The molecule has 1 aromatic heterocycles. The van der Waals surface area contributed by atoms with E-state index in [1.165, 1.54) is 11.8 Å². The summed E-state index contributed by atoms with van der Waals surface area (Å²) in [6, 6.07) is 5.49. The third-order valence-electron chi connectivity index (χ3n) is 3.56. The normalized spacial score (nSPS) is 17.9. The van der Waals surface area contributed by atoms with Crippen molar-refractivity contribution in [3.8, 4) is 0 Å². The van der Waals surface area contributed by atoms with Crippen LogP contribution < -0.4 is 16.4 Å². The zero-order valence-electron chi connectivity index (χ0n) is 12.0. The monoisotopic (exact) mass is 334 g/mol. The van der Waals surface area contributed by atoms with Gasteiger partial charge in [0.15, 0.2) is 5.82 Å². The van der Waals surface area contributed by atoms with Crippen molar-refractivity contribution in [1.29, 1.82) is 0 Å². The molecule has 2 aromatic rings. The van der Waals surface area contributed by atoms with Gasteiger partial charge in [0.25, 0.3) is 0 Å². The Hall–Kier alpha value is -1.66. The highest BCUT2D eigenvalue weighted by atomic mass is 35.5. The number of benzene rings is 1.